The average Bonchev–Trinajstić information content (AvgIpc) is 2.86. The van der Waals surface area contributed by atoms with Crippen molar-refractivity contribution in [1.82, 2.24) is 10.2 Å². The van der Waals surface area contributed by atoms with Crippen LogP contribution < -0.4 is 5.32 Å². The van der Waals surface area contributed by atoms with E-state index in [-0.39, 0.29) is 0 Å². The zero-order valence-corrected chi connectivity index (χ0v) is 11.0. The molecule has 0 bridgehead atoms. The minimum absolute atomic E-state index is 0.293. The lowest BCUT2D eigenvalue weighted by molar-refractivity contribution is -0.130. The number of nitrogens with zero attached hydrogens (tertiary/aromatic N) is 1. The molecule has 4 nitrogen and oxygen atoms in total. The van der Waals surface area contributed by atoms with E-state index in [1.807, 2.05) is 4.90 Å². The maximum atomic E-state index is 11.7. The molecule has 17 heavy (non-hydrogen) atoms. The Morgan fingerprint density at radius 1 is 1.24 bits per heavy atom. The van der Waals surface area contributed by atoms with Gasteiger partial charge in [0.15, 0.2) is 0 Å². The molecule has 1 saturated heterocycles. The molecule has 0 aromatic rings. The smallest absolute Gasteiger partial charge is 0.223 e. The molecule has 0 aromatic carbocycles. The van der Waals surface area contributed by atoms with Gasteiger partial charge in [-0.1, -0.05) is 13.3 Å². The summed E-state index contributed by atoms with van der Waals surface area (Å²) in [6.45, 7) is 7.29. The zero-order valence-electron chi connectivity index (χ0n) is 11.0. The van der Waals surface area contributed by atoms with Crippen LogP contribution >= 0.6 is 0 Å². The molecule has 0 atom stereocenters. The topological polar surface area (TPSA) is 41.6 Å². The zero-order chi connectivity index (χ0) is 12.3. The second-order valence-corrected chi connectivity index (χ2v) is 4.55. The summed E-state index contributed by atoms with van der Waals surface area (Å²) in [5.74, 6) is 0.293. The molecule has 0 radical (unpaired) electrons. The lowest BCUT2D eigenvalue weighted by Crippen LogP contribution is -2.31. The molecule has 1 heterocycles. The number of carbonyl (C=O) groups excluding carboxylic acids is 1. The van der Waals surface area contributed by atoms with Crippen LogP contribution in [-0.4, -0.2) is 50.2 Å². The van der Waals surface area contributed by atoms with E-state index in [0.717, 1.165) is 45.8 Å². The quantitative estimate of drug-likeness (QED) is 0.622. The molecule has 100 valence electrons. The number of rotatable bonds is 9. The van der Waals surface area contributed by atoms with Gasteiger partial charge in [0, 0.05) is 39.2 Å². The van der Waals surface area contributed by atoms with Gasteiger partial charge in [-0.3, -0.25) is 4.79 Å². The van der Waals surface area contributed by atoms with Gasteiger partial charge in [-0.2, -0.15) is 0 Å². The number of unbranched alkanes of at least 4 members (excludes halogenated alkanes) is 1. The maximum Gasteiger partial charge on any atom is 0.223 e. The molecule has 1 aliphatic rings. The molecule has 0 unspecified atom stereocenters. The largest absolute Gasteiger partial charge is 0.380 e. The summed E-state index contributed by atoms with van der Waals surface area (Å²) in [5, 5.41) is 3.24. The van der Waals surface area contributed by atoms with Crippen molar-refractivity contribution in [1.29, 1.82) is 0 Å². The number of hydrogen-bond donors (Lipinski definition) is 1. The van der Waals surface area contributed by atoms with Crippen LogP contribution in [0.1, 0.15) is 39.0 Å². The first-order valence-corrected chi connectivity index (χ1v) is 6.91. The first-order valence-electron chi connectivity index (χ1n) is 6.91. The molecule has 1 aliphatic heterocycles. The van der Waals surface area contributed by atoms with Gasteiger partial charge in [-0.15, -0.1) is 0 Å². The van der Waals surface area contributed by atoms with Gasteiger partial charge in [0.2, 0.25) is 5.91 Å². The van der Waals surface area contributed by atoms with Crippen LogP contribution in [0.15, 0.2) is 0 Å². The summed E-state index contributed by atoms with van der Waals surface area (Å²) in [5.41, 5.74) is 0. The fourth-order valence-corrected chi connectivity index (χ4v) is 1.94. The molecule has 0 spiro atoms. The molecular formula is C13H26N2O2. The van der Waals surface area contributed by atoms with Crippen molar-refractivity contribution in [2.24, 2.45) is 0 Å². The number of carbonyl (C=O) groups is 1. The van der Waals surface area contributed by atoms with Gasteiger partial charge in [0.1, 0.15) is 0 Å². The first-order chi connectivity index (χ1) is 8.34. The summed E-state index contributed by atoms with van der Waals surface area (Å²) in [6.07, 6.45) is 5.27. The van der Waals surface area contributed by atoms with Crippen LogP contribution in [0.2, 0.25) is 0 Å². The minimum atomic E-state index is 0.293. The van der Waals surface area contributed by atoms with Crippen molar-refractivity contribution in [3.05, 3.63) is 0 Å². The van der Waals surface area contributed by atoms with Crippen molar-refractivity contribution in [2.75, 3.05) is 39.4 Å². The summed E-state index contributed by atoms with van der Waals surface area (Å²) in [6, 6.07) is 0. The van der Waals surface area contributed by atoms with E-state index in [4.69, 9.17) is 4.74 Å². The Morgan fingerprint density at radius 3 is 2.71 bits per heavy atom. The molecule has 1 fully saturated rings. The Hall–Kier alpha value is -0.610. The van der Waals surface area contributed by atoms with E-state index in [9.17, 15) is 4.79 Å². The van der Waals surface area contributed by atoms with Crippen LogP contribution in [0.5, 0.6) is 0 Å². The van der Waals surface area contributed by atoms with E-state index in [0.29, 0.717) is 12.3 Å². The Bertz CT molecular complexity index is 204. The molecule has 0 aromatic heterocycles. The van der Waals surface area contributed by atoms with Gasteiger partial charge in [0.25, 0.3) is 0 Å². The van der Waals surface area contributed by atoms with Gasteiger partial charge in [0.05, 0.1) is 6.61 Å². The summed E-state index contributed by atoms with van der Waals surface area (Å²) in [4.78, 5) is 13.6. The Labute approximate surface area is 105 Å². The van der Waals surface area contributed by atoms with Gasteiger partial charge >= 0.3 is 0 Å². The summed E-state index contributed by atoms with van der Waals surface area (Å²) >= 11 is 0. The highest BCUT2D eigenvalue weighted by Gasteiger charge is 2.16. The number of nitrogens with one attached hydrogen (secondary N) is 1. The monoisotopic (exact) mass is 242 g/mol. The second kappa shape index (κ2) is 9.42. The van der Waals surface area contributed by atoms with Crippen molar-refractivity contribution in [3.63, 3.8) is 0 Å². The molecule has 1 rings (SSSR count). The van der Waals surface area contributed by atoms with Crippen LogP contribution in [0.4, 0.5) is 0 Å². The van der Waals surface area contributed by atoms with Crippen LogP contribution in [-0.2, 0) is 9.53 Å². The Morgan fingerprint density at radius 2 is 2.00 bits per heavy atom. The third kappa shape index (κ3) is 6.64. The molecule has 1 N–H and O–H groups in total. The van der Waals surface area contributed by atoms with Gasteiger partial charge in [-0.05, 0) is 19.3 Å². The lowest BCUT2D eigenvalue weighted by atomic mass is 10.3. The average molecular weight is 242 g/mol. The third-order valence-corrected chi connectivity index (χ3v) is 3.04. The summed E-state index contributed by atoms with van der Waals surface area (Å²) < 4.78 is 5.42. The van der Waals surface area contributed by atoms with Crippen molar-refractivity contribution in [3.8, 4) is 0 Å². The minimum Gasteiger partial charge on any atom is -0.380 e. The SMILES string of the molecule is CCCCOCCNCCC(=O)N1CCCC1. The molecule has 1 amide bonds. The first kappa shape index (κ1) is 14.5. The highest BCUT2D eigenvalue weighted by molar-refractivity contribution is 5.76. The van der Waals surface area contributed by atoms with Crippen LogP contribution in [0.25, 0.3) is 0 Å². The van der Waals surface area contributed by atoms with Crippen LogP contribution in [0.3, 0.4) is 0 Å². The van der Waals surface area contributed by atoms with E-state index in [1.165, 1.54) is 19.3 Å². The normalized spacial score (nSPS) is 15.5. The van der Waals surface area contributed by atoms with Crippen molar-refractivity contribution in [2.45, 2.75) is 39.0 Å². The maximum absolute atomic E-state index is 11.7. The highest BCUT2D eigenvalue weighted by atomic mass is 16.5. The van der Waals surface area contributed by atoms with E-state index >= 15 is 0 Å². The lowest BCUT2D eigenvalue weighted by Gasteiger charge is -2.15. The fourth-order valence-electron chi connectivity index (χ4n) is 1.94. The molecule has 4 heteroatoms. The standard InChI is InChI=1S/C13H26N2O2/c1-2-3-11-17-12-8-14-7-6-13(16)15-9-4-5-10-15/h14H,2-12H2,1H3. The number of ether oxygens (including phenoxy) is 1. The molecule has 0 saturated carbocycles. The fraction of sp³-hybridized carbons (Fsp3) is 0.923. The highest BCUT2D eigenvalue weighted by Crippen LogP contribution is 2.08. The third-order valence-electron chi connectivity index (χ3n) is 3.04. The van der Waals surface area contributed by atoms with Crippen molar-refractivity contribution < 1.29 is 9.53 Å². The number of hydrogen-bond acceptors (Lipinski definition) is 3. The van der Waals surface area contributed by atoms with Gasteiger partial charge in [-0.25, -0.2) is 0 Å². The predicted octanol–water partition coefficient (Wildman–Crippen LogP) is 1.41. The predicted molar refractivity (Wildman–Crippen MR) is 69.0 cm³/mol. The van der Waals surface area contributed by atoms with E-state index < -0.39 is 0 Å². The van der Waals surface area contributed by atoms with Gasteiger partial charge < -0.3 is 15.0 Å². The molecule has 0 aliphatic carbocycles. The Kier molecular flexibility index (Phi) is 8.01. The number of likely N-dealkylation sites (tertiary alicyclic amines) is 1. The second-order valence-electron chi connectivity index (χ2n) is 4.55. The Balaban J connectivity index is 1.85. The van der Waals surface area contributed by atoms with Crippen molar-refractivity contribution >= 4 is 5.91 Å². The van der Waals surface area contributed by atoms with E-state index in [1.54, 1.807) is 0 Å². The molecular weight excluding hydrogens is 216 g/mol. The number of amides is 1. The van der Waals surface area contributed by atoms with E-state index in [2.05, 4.69) is 12.2 Å². The van der Waals surface area contributed by atoms with Crippen LogP contribution in [0, 0.1) is 0 Å². The summed E-state index contributed by atoms with van der Waals surface area (Å²) in [7, 11) is 0.